The minimum absolute atomic E-state index is 0.604. The van der Waals surface area contributed by atoms with E-state index in [1.807, 2.05) is 0 Å². The predicted molar refractivity (Wildman–Crippen MR) is 77.4 cm³/mol. The molecule has 1 aliphatic carbocycles. The second kappa shape index (κ2) is 4.45. The van der Waals surface area contributed by atoms with E-state index in [1.165, 1.54) is 22.3 Å². The first-order chi connectivity index (χ1) is 8.77. The third-order valence-electron chi connectivity index (χ3n) is 3.75. The molecule has 1 aliphatic rings. The summed E-state index contributed by atoms with van der Waals surface area (Å²) in [4.78, 5) is 0. The molecular weight excluding hydrogens is 216 g/mol. The van der Waals surface area contributed by atoms with Crippen LogP contribution in [0.2, 0.25) is 0 Å². The van der Waals surface area contributed by atoms with Gasteiger partial charge in [-0.3, -0.25) is 0 Å². The van der Waals surface area contributed by atoms with Crippen LogP contribution in [0.4, 0.5) is 0 Å². The quantitative estimate of drug-likeness (QED) is 0.706. The number of rotatable bonds is 2. The number of benzene rings is 2. The van der Waals surface area contributed by atoms with Gasteiger partial charge in [-0.15, -0.1) is 0 Å². The van der Waals surface area contributed by atoms with Crippen LogP contribution in [0, 0.1) is 5.92 Å². The molecule has 0 saturated carbocycles. The Hall–Kier alpha value is -1.82. The van der Waals surface area contributed by atoms with E-state index in [9.17, 15) is 0 Å². The van der Waals surface area contributed by atoms with Gasteiger partial charge < -0.3 is 0 Å². The molecule has 2 aromatic rings. The number of hydrogen-bond acceptors (Lipinski definition) is 0. The van der Waals surface area contributed by atoms with Crippen molar-refractivity contribution in [2.45, 2.75) is 20.3 Å². The second-order valence-corrected chi connectivity index (χ2v) is 5.25. The van der Waals surface area contributed by atoms with Crippen LogP contribution in [0.1, 0.15) is 30.5 Å². The van der Waals surface area contributed by atoms with Crippen molar-refractivity contribution in [1.82, 2.24) is 0 Å². The highest BCUT2D eigenvalue weighted by atomic mass is 14.3. The smallest absolute Gasteiger partial charge is 0.00489 e. The number of hydrogen-bond donors (Lipinski definition) is 0. The van der Waals surface area contributed by atoms with E-state index in [2.05, 4.69) is 68.4 Å². The van der Waals surface area contributed by atoms with Crippen molar-refractivity contribution in [3.8, 4) is 0 Å². The molecule has 0 nitrogen and oxygen atoms in total. The van der Waals surface area contributed by atoms with E-state index in [-0.39, 0.29) is 0 Å². The molecule has 2 aromatic carbocycles. The fourth-order valence-corrected chi connectivity index (χ4v) is 2.82. The molecule has 0 fully saturated rings. The maximum absolute atomic E-state index is 2.30. The number of allylic oxidation sites excluding steroid dienone is 1. The summed E-state index contributed by atoms with van der Waals surface area (Å²) >= 11 is 0. The highest BCUT2D eigenvalue weighted by molar-refractivity contribution is 5.87. The van der Waals surface area contributed by atoms with Gasteiger partial charge in [0.1, 0.15) is 0 Å². The molecule has 0 heteroatoms. The molecule has 0 radical (unpaired) electrons. The van der Waals surface area contributed by atoms with Crippen LogP contribution in [0.25, 0.3) is 5.57 Å². The number of fused-ring (bicyclic) bond motifs is 1. The molecule has 0 saturated heterocycles. The van der Waals surface area contributed by atoms with Crippen LogP contribution in [0.15, 0.2) is 60.2 Å². The van der Waals surface area contributed by atoms with Crippen LogP contribution in [0.3, 0.4) is 0 Å². The van der Waals surface area contributed by atoms with Crippen molar-refractivity contribution in [3.63, 3.8) is 0 Å². The molecule has 0 amide bonds. The minimum Gasteiger partial charge on any atom is -0.0622 e. The molecule has 18 heavy (non-hydrogen) atoms. The first-order valence-corrected chi connectivity index (χ1v) is 6.64. The molecule has 0 heterocycles. The standard InChI is InChI=1S/C18H18/c1-13(2)17-12-15-10-6-7-11-16(15)18(17)14-8-4-3-5-9-14/h3-11,13H,12H2,1-2H3. The van der Waals surface area contributed by atoms with Gasteiger partial charge in [0.05, 0.1) is 0 Å². The van der Waals surface area contributed by atoms with Crippen LogP contribution < -0.4 is 0 Å². The Morgan fingerprint density at radius 3 is 2.22 bits per heavy atom. The summed E-state index contributed by atoms with van der Waals surface area (Å²) in [6, 6.07) is 19.6. The zero-order valence-corrected chi connectivity index (χ0v) is 11.0. The summed E-state index contributed by atoms with van der Waals surface area (Å²) in [5, 5.41) is 0. The van der Waals surface area contributed by atoms with Gasteiger partial charge in [0.2, 0.25) is 0 Å². The third-order valence-corrected chi connectivity index (χ3v) is 3.75. The van der Waals surface area contributed by atoms with E-state index in [0.717, 1.165) is 6.42 Å². The lowest BCUT2D eigenvalue weighted by Gasteiger charge is -2.11. The van der Waals surface area contributed by atoms with E-state index in [4.69, 9.17) is 0 Å². The topological polar surface area (TPSA) is 0 Å². The molecule has 0 bridgehead atoms. The van der Waals surface area contributed by atoms with Crippen molar-refractivity contribution in [3.05, 3.63) is 76.9 Å². The minimum atomic E-state index is 0.604. The Labute approximate surface area is 109 Å². The normalized spacial score (nSPS) is 14.2. The molecule has 0 atom stereocenters. The molecule has 0 N–H and O–H groups in total. The fourth-order valence-electron chi connectivity index (χ4n) is 2.82. The average molecular weight is 234 g/mol. The summed E-state index contributed by atoms with van der Waals surface area (Å²) in [5.41, 5.74) is 7.28. The lowest BCUT2D eigenvalue weighted by atomic mass is 9.93. The average Bonchev–Trinajstić information content (AvgIpc) is 2.79. The first kappa shape index (κ1) is 11.3. The van der Waals surface area contributed by atoms with Crippen LogP contribution in [0.5, 0.6) is 0 Å². The van der Waals surface area contributed by atoms with Crippen LogP contribution in [-0.4, -0.2) is 0 Å². The van der Waals surface area contributed by atoms with E-state index in [1.54, 1.807) is 5.57 Å². The SMILES string of the molecule is CC(C)C1=C(c2ccccc2)c2ccccc2C1. The first-order valence-electron chi connectivity index (χ1n) is 6.64. The van der Waals surface area contributed by atoms with E-state index >= 15 is 0 Å². The van der Waals surface area contributed by atoms with Gasteiger partial charge in [0.25, 0.3) is 0 Å². The molecule has 0 spiro atoms. The van der Waals surface area contributed by atoms with Crippen molar-refractivity contribution < 1.29 is 0 Å². The zero-order valence-electron chi connectivity index (χ0n) is 11.0. The Morgan fingerprint density at radius 2 is 1.50 bits per heavy atom. The highest BCUT2D eigenvalue weighted by Gasteiger charge is 2.23. The molecular formula is C18H18. The van der Waals surface area contributed by atoms with E-state index < -0.39 is 0 Å². The Balaban J connectivity index is 2.21. The van der Waals surface area contributed by atoms with Crippen molar-refractivity contribution in [2.24, 2.45) is 5.92 Å². The van der Waals surface area contributed by atoms with Gasteiger partial charge in [0.15, 0.2) is 0 Å². The van der Waals surface area contributed by atoms with Crippen molar-refractivity contribution >= 4 is 5.57 Å². The summed E-state index contributed by atoms with van der Waals surface area (Å²) in [7, 11) is 0. The van der Waals surface area contributed by atoms with Crippen LogP contribution >= 0.6 is 0 Å². The molecule has 3 rings (SSSR count). The zero-order chi connectivity index (χ0) is 12.5. The molecule has 0 aromatic heterocycles. The highest BCUT2D eigenvalue weighted by Crippen LogP contribution is 2.40. The predicted octanol–water partition coefficient (Wildman–Crippen LogP) is 4.70. The van der Waals surface area contributed by atoms with Crippen molar-refractivity contribution in [1.29, 1.82) is 0 Å². The maximum Gasteiger partial charge on any atom is -0.00489 e. The van der Waals surface area contributed by atoms with Gasteiger partial charge in [-0.1, -0.05) is 74.0 Å². The van der Waals surface area contributed by atoms with Gasteiger partial charge in [-0.05, 0) is 34.6 Å². The largest absolute Gasteiger partial charge is 0.0622 e. The maximum atomic E-state index is 2.30. The molecule has 0 aliphatic heterocycles. The monoisotopic (exact) mass is 234 g/mol. The van der Waals surface area contributed by atoms with Gasteiger partial charge in [0, 0.05) is 0 Å². The Bertz CT molecular complexity index is 588. The van der Waals surface area contributed by atoms with Gasteiger partial charge in [-0.2, -0.15) is 0 Å². The van der Waals surface area contributed by atoms with Gasteiger partial charge in [-0.25, -0.2) is 0 Å². The Kier molecular flexibility index (Phi) is 2.79. The molecule has 0 unspecified atom stereocenters. The summed E-state index contributed by atoms with van der Waals surface area (Å²) < 4.78 is 0. The lowest BCUT2D eigenvalue weighted by molar-refractivity contribution is 0.752. The summed E-state index contributed by atoms with van der Waals surface area (Å²) in [6.07, 6.45) is 1.11. The lowest BCUT2D eigenvalue weighted by Crippen LogP contribution is -1.96. The fraction of sp³-hybridized carbons (Fsp3) is 0.222. The Morgan fingerprint density at radius 1 is 0.833 bits per heavy atom. The second-order valence-electron chi connectivity index (χ2n) is 5.25. The van der Waals surface area contributed by atoms with Crippen molar-refractivity contribution in [2.75, 3.05) is 0 Å². The van der Waals surface area contributed by atoms with Crippen LogP contribution in [-0.2, 0) is 6.42 Å². The third kappa shape index (κ3) is 1.78. The van der Waals surface area contributed by atoms with Gasteiger partial charge >= 0.3 is 0 Å². The van der Waals surface area contributed by atoms with E-state index in [0.29, 0.717) is 5.92 Å². The summed E-state index contributed by atoms with van der Waals surface area (Å²) in [6.45, 7) is 4.59. The summed E-state index contributed by atoms with van der Waals surface area (Å²) in [5.74, 6) is 0.604. The molecule has 90 valence electrons.